The molecule has 0 heterocycles. The van der Waals surface area contributed by atoms with Crippen LogP contribution in [0.15, 0.2) is 23.8 Å². The normalized spacial score (nSPS) is 40.7. The summed E-state index contributed by atoms with van der Waals surface area (Å²) in [4.78, 5) is 49.8. The molecule has 3 saturated carbocycles. The second-order valence-electron chi connectivity index (χ2n) is 12.6. The first-order chi connectivity index (χ1) is 17.0. The lowest BCUT2D eigenvalue weighted by atomic mass is 9.44. The molecule has 0 aromatic rings. The number of esters is 2. The molecule has 7 atom stereocenters. The summed E-state index contributed by atoms with van der Waals surface area (Å²) in [6.45, 7) is 11.7. The monoisotopic (exact) mass is 534 g/mol. The summed E-state index contributed by atoms with van der Waals surface area (Å²) in [5.41, 5.74) is -4.53. The van der Waals surface area contributed by atoms with Gasteiger partial charge in [-0.05, 0) is 76.7 Å². The molecular formula is C28H39FO7Si. The Morgan fingerprint density at radius 2 is 1.76 bits per heavy atom. The molecule has 0 bridgehead atoms. The van der Waals surface area contributed by atoms with Gasteiger partial charge in [0.1, 0.15) is 0 Å². The number of fused-ring (bicyclic) bond motifs is 5. The Morgan fingerprint density at radius 3 is 2.35 bits per heavy atom. The number of Topliss-reactive ketones (excluding diaryl/α,β-unsaturated/α-hetero) is 1. The maximum Gasteiger partial charge on any atom is 0.303 e. The summed E-state index contributed by atoms with van der Waals surface area (Å²) in [5.74, 6) is -2.58. The molecule has 4 aliphatic carbocycles. The van der Waals surface area contributed by atoms with Gasteiger partial charge in [0.25, 0.3) is 0 Å². The summed E-state index contributed by atoms with van der Waals surface area (Å²) in [6.07, 6.45) is 5.79. The molecule has 7 nitrogen and oxygen atoms in total. The summed E-state index contributed by atoms with van der Waals surface area (Å²) >= 11 is 0. The number of carbonyl (C=O) groups is 4. The van der Waals surface area contributed by atoms with Crippen LogP contribution in [0.5, 0.6) is 0 Å². The van der Waals surface area contributed by atoms with E-state index in [4.69, 9.17) is 13.9 Å². The summed E-state index contributed by atoms with van der Waals surface area (Å²) in [6, 6.07) is 0. The van der Waals surface area contributed by atoms with E-state index < -0.39 is 66.8 Å². The molecule has 0 aromatic heterocycles. The second kappa shape index (κ2) is 8.97. The fourth-order valence-corrected chi connectivity index (χ4v) is 9.04. The SMILES string of the molecule is CC(=O)OCC(=O)[C@@]1(OC(C)=O)CC[C@H]2[C@@H]3CCC4=CC(=O)C=C[C@]4(C)[C@@]3(F)C(O[Si](C)(C)C)C[C@@]21C. The van der Waals surface area contributed by atoms with Gasteiger partial charge in [0, 0.05) is 30.6 Å². The topological polar surface area (TPSA) is 96.0 Å². The van der Waals surface area contributed by atoms with Crippen LogP contribution < -0.4 is 0 Å². The largest absolute Gasteiger partial charge is 0.458 e. The first-order valence-corrected chi connectivity index (χ1v) is 16.6. The highest BCUT2D eigenvalue weighted by Gasteiger charge is 2.76. The van der Waals surface area contributed by atoms with Crippen LogP contribution in [0.2, 0.25) is 19.6 Å². The van der Waals surface area contributed by atoms with E-state index in [2.05, 4.69) is 0 Å². The van der Waals surface area contributed by atoms with E-state index >= 15 is 4.39 Å². The molecule has 0 saturated heterocycles. The minimum absolute atomic E-state index is 0.136. The molecule has 0 aromatic carbocycles. The number of allylic oxidation sites excluding steroid dienone is 4. The van der Waals surface area contributed by atoms with Gasteiger partial charge >= 0.3 is 11.9 Å². The number of hydrogen-bond donors (Lipinski definition) is 0. The molecule has 0 N–H and O–H groups in total. The summed E-state index contributed by atoms with van der Waals surface area (Å²) in [5, 5.41) is 0. The first-order valence-electron chi connectivity index (χ1n) is 13.2. The van der Waals surface area contributed by atoms with E-state index in [-0.39, 0.29) is 24.5 Å². The zero-order valence-electron chi connectivity index (χ0n) is 22.9. The Balaban J connectivity index is 1.86. The van der Waals surface area contributed by atoms with Crippen molar-refractivity contribution >= 4 is 31.8 Å². The van der Waals surface area contributed by atoms with Crippen molar-refractivity contribution in [3.63, 3.8) is 0 Å². The highest BCUT2D eigenvalue weighted by atomic mass is 28.4. The van der Waals surface area contributed by atoms with Crippen molar-refractivity contribution in [3.05, 3.63) is 23.8 Å². The van der Waals surface area contributed by atoms with Gasteiger partial charge in [0.05, 0.1) is 6.10 Å². The number of carbonyl (C=O) groups excluding carboxylic acids is 4. The van der Waals surface area contributed by atoms with Crippen molar-refractivity contribution in [2.75, 3.05) is 6.61 Å². The highest BCUT2D eigenvalue weighted by molar-refractivity contribution is 6.69. The van der Waals surface area contributed by atoms with Crippen molar-refractivity contribution in [2.45, 2.75) is 96.8 Å². The van der Waals surface area contributed by atoms with E-state index in [9.17, 15) is 19.2 Å². The molecule has 9 heteroatoms. The van der Waals surface area contributed by atoms with Crippen LogP contribution in [0, 0.1) is 22.7 Å². The lowest BCUT2D eigenvalue weighted by Crippen LogP contribution is -2.71. The van der Waals surface area contributed by atoms with E-state index in [1.54, 1.807) is 12.2 Å². The number of ketones is 2. The average molecular weight is 535 g/mol. The third-order valence-corrected chi connectivity index (χ3v) is 10.4. The number of rotatable bonds is 6. The third-order valence-electron chi connectivity index (χ3n) is 9.41. The van der Waals surface area contributed by atoms with Crippen LogP contribution in [0.4, 0.5) is 4.39 Å². The van der Waals surface area contributed by atoms with Crippen LogP contribution in [-0.4, -0.2) is 55.8 Å². The van der Waals surface area contributed by atoms with Gasteiger partial charge in [-0.3, -0.25) is 19.2 Å². The predicted molar refractivity (Wildman–Crippen MR) is 137 cm³/mol. The van der Waals surface area contributed by atoms with Crippen molar-refractivity contribution in [1.82, 2.24) is 0 Å². The van der Waals surface area contributed by atoms with E-state index in [1.165, 1.54) is 19.9 Å². The standard InChI is InChI=1S/C28H39FO7Si/c1-17(30)34-16-23(33)27(35-18(2)31)13-11-21-22-9-8-19-14-20(32)10-12-25(19,3)28(22,29)24(15-26(21,27)4)36-37(5,6)7/h10,12,14,21-22,24H,8-9,11,13,15-16H2,1-7H3/t21-,22-,24?,25-,26-,27-,28-/m0/s1. The Morgan fingerprint density at radius 1 is 1.08 bits per heavy atom. The third kappa shape index (κ3) is 4.17. The van der Waals surface area contributed by atoms with Gasteiger partial charge in [0.2, 0.25) is 5.78 Å². The average Bonchev–Trinajstić information content (AvgIpc) is 3.04. The molecule has 0 spiro atoms. The number of halogens is 1. The summed E-state index contributed by atoms with van der Waals surface area (Å²) < 4.78 is 35.6. The van der Waals surface area contributed by atoms with Crippen LogP contribution >= 0.6 is 0 Å². The molecule has 204 valence electrons. The molecule has 0 radical (unpaired) electrons. The maximum absolute atomic E-state index is 18.1. The van der Waals surface area contributed by atoms with Gasteiger partial charge in [-0.1, -0.05) is 18.6 Å². The molecule has 1 unspecified atom stereocenters. The lowest BCUT2D eigenvalue weighted by Gasteiger charge is -2.64. The van der Waals surface area contributed by atoms with Crippen LogP contribution in [-0.2, 0) is 33.1 Å². The van der Waals surface area contributed by atoms with E-state index in [0.29, 0.717) is 19.3 Å². The Labute approximate surface area is 219 Å². The Hall–Kier alpha value is -2.13. The molecule has 0 amide bonds. The Bertz CT molecular complexity index is 1090. The number of alkyl halides is 1. The molecule has 4 rings (SSSR count). The molecule has 3 fully saturated rings. The highest BCUT2D eigenvalue weighted by Crippen LogP contribution is 2.71. The summed E-state index contributed by atoms with van der Waals surface area (Å²) in [7, 11) is -2.30. The van der Waals surface area contributed by atoms with Crippen molar-refractivity contribution < 1.29 is 37.5 Å². The van der Waals surface area contributed by atoms with Gasteiger partial charge < -0.3 is 13.9 Å². The zero-order chi connectivity index (χ0) is 27.6. The van der Waals surface area contributed by atoms with Gasteiger partial charge in [-0.15, -0.1) is 0 Å². The minimum Gasteiger partial charge on any atom is -0.458 e. The molecule has 37 heavy (non-hydrogen) atoms. The lowest BCUT2D eigenvalue weighted by molar-refractivity contribution is -0.221. The van der Waals surface area contributed by atoms with Gasteiger partial charge in [-0.2, -0.15) is 0 Å². The Kier molecular flexibility index (Phi) is 6.76. The van der Waals surface area contributed by atoms with Crippen molar-refractivity contribution in [1.29, 1.82) is 0 Å². The molecule has 4 aliphatic rings. The molecule has 0 aliphatic heterocycles. The van der Waals surface area contributed by atoms with Crippen LogP contribution in [0.3, 0.4) is 0 Å². The smallest absolute Gasteiger partial charge is 0.303 e. The number of ether oxygens (including phenoxy) is 2. The van der Waals surface area contributed by atoms with Crippen LogP contribution in [0.25, 0.3) is 0 Å². The fourth-order valence-electron chi connectivity index (χ4n) is 7.93. The first kappa shape index (κ1) is 27.9. The molecular weight excluding hydrogens is 495 g/mol. The fraction of sp³-hybridized carbons (Fsp3) is 0.714. The maximum atomic E-state index is 18.1. The van der Waals surface area contributed by atoms with Crippen molar-refractivity contribution in [2.24, 2.45) is 22.7 Å². The van der Waals surface area contributed by atoms with Gasteiger partial charge in [-0.25, -0.2) is 4.39 Å². The minimum atomic E-state index is -2.30. The van der Waals surface area contributed by atoms with Gasteiger partial charge in [0.15, 0.2) is 32.0 Å². The van der Waals surface area contributed by atoms with Crippen molar-refractivity contribution in [3.8, 4) is 0 Å². The predicted octanol–water partition coefficient (Wildman–Crippen LogP) is 4.65. The number of hydrogen-bond acceptors (Lipinski definition) is 7. The van der Waals surface area contributed by atoms with Crippen LogP contribution in [0.1, 0.15) is 59.8 Å². The van der Waals surface area contributed by atoms with E-state index in [0.717, 1.165) is 5.57 Å². The second-order valence-corrected chi connectivity index (χ2v) is 17.1. The quantitative estimate of drug-likeness (QED) is 0.361. The van der Waals surface area contributed by atoms with E-state index in [1.807, 2.05) is 33.5 Å². The zero-order valence-corrected chi connectivity index (χ0v) is 23.9.